The summed E-state index contributed by atoms with van der Waals surface area (Å²) in [5.74, 6) is 1.19. The summed E-state index contributed by atoms with van der Waals surface area (Å²) in [5.41, 5.74) is 6.89. The van der Waals surface area contributed by atoms with Gasteiger partial charge in [-0.2, -0.15) is 0 Å². The highest BCUT2D eigenvalue weighted by Gasteiger charge is 2.46. The number of aromatic nitrogens is 3. The van der Waals surface area contributed by atoms with Crippen molar-refractivity contribution < 1.29 is 9.13 Å². The fraction of sp³-hybridized carbons (Fsp3) is 0.333. The second-order valence-corrected chi connectivity index (χ2v) is 9.53. The number of nitrogens with one attached hydrogen (secondary N) is 1. The van der Waals surface area contributed by atoms with Gasteiger partial charge in [-0.3, -0.25) is 9.30 Å². The quantitative estimate of drug-likeness (QED) is 0.444. The van der Waals surface area contributed by atoms with Crippen molar-refractivity contribution in [3.05, 3.63) is 77.0 Å². The Bertz CT molecular complexity index is 1390. The topological polar surface area (TPSA) is 54.7 Å². The molecule has 6 rings (SSSR count). The highest BCUT2D eigenvalue weighted by molar-refractivity contribution is 5.78. The molecule has 0 spiro atoms. The van der Waals surface area contributed by atoms with Gasteiger partial charge in [0.05, 0.1) is 12.3 Å². The van der Waals surface area contributed by atoms with Crippen LogP contribution in [0.15, 0.2) is 48.8 Å². The predicted octanol–water partition coefficient (Wildman–Crippen LogP) is 4.94. The van der Waals surface area contributed by atoms with Crippen LogP contribution in [0.25, 0.3) is 16.8 Å². The van der Waals surface area contributed by atoms with Crippen LogP contribution in [0.1, 0.15) is 35.2 Å². The number of anilines is 1. The highest BCUT2D eigenvalue weighted by atomic mass is 19.1. The van der Waals surface area contributed by atoms with Gasteiger partial charge in [0.25, 0.3) is 0 Å². The van der Waals surface area contributed by atoms with Gasteiger partial charge in [-0.1, -0.05) is 24.3 Å². The number of hydrogen-bond acceptors (Lipinski definition) is 5. The van der Waals surface area contributed by atoms with Crippen molar-refractivity contribution >= 4 is 11.6 Å². The van der Waals surface area contributed by atoms with Gasteiger partial charge in [0.1, 0.15) is 17.2 Å². The Morgan fingerprint density at radius 2 is 1.94 bits per heavy atom. The molecule has 0 radical (unpaired) electrons. The molecule has 0 amide bonds. The van der Waals surface area contributed by atoms with E-state index in [1.165, 1.54) is 24.5 Å². The van der Waals surface area contributed by atoms with Crippen LogP contribution in [-0.2, 0) is 18.5 Å². The van der Waals surface area contributed by atoms with Crippen LogP contribution in [0, 0.1) is 12.7 Å². The third-order valence-electron chi connectivity index (χ3n) is 7.29. The van der Waals surface area contributed by atoms with Crippen LogP contribution in [0.5, 0.6) is 5.75 Å². The van der Waals surface area contributed by atoms with Crippen LogP contribution in [0.4, 0.5) is 10.3 Å². The Labute approximate surface area is 198 Å². The van der Waals surface area contributed by atoms with E-state index in [2.05, 4.69) is 48.6 Å². The lowest BCUT2D eigenvalue weighted by Crippen LogP contribution is -2.27. The molecule has 2 aromatic heterocycles. The van der Waals surface area contributed by atoms with Crippen LogP contribution in [0.3, 0.4) is 0 Å². The minimum absolute atomic E-state index is 0.182. The average molecular weight is 458 g/mol. The lowest BCUT2D eigenvalue weighted by atomic mass is 10.00. The predicted molar refractivity (Wildman–Crippen MR) is 131 cm³/mol. The van der Waals surface area contributed by atoms with Gasteiger partial charge >= 0.3 is 0 Å². The maximum atomic E-state index is 14.6. The minimum atomic E-state index is -0.224. The fourth-order valence-corrected chi connectivity index (χ4v) is 5.18. The SMILES string of the molecule is Cc1cn2c(NCc3c(F)ccc4c3CCO4)ncc(-c3ccc(C4(N(C)C)CC4)cc3)c2n1. The smallest absolute Gasteiger partial charge is 0.208 e. The van der Waals surface area contributed by atoms with Crippen molar-refractivity contribution in [3.63, 3.8) is 0 Å². The second kappa shape index (κ2) is 7.81. The molecule has 1 aliphatic carbocycles. The molecule has 2 aliphatic rings. The van der Waals surface area contributed by atoms with E-state index in [1.54, 1.807) is 6.07 Å². The van der Waals surface area contributed by atoms with Gasteiger partial charge < -0.3 is 10.1 Å². The van der Waals surface area contributed by atoms with Crippen LogP contribution in [-0.4, -0.2) is 40.0 Å². The summed E-state index contributed by atoms with van der Waals surface area (Å²) in [7, 11) is 4.30. The molecule has 2 aromatic carbocycles. The second-order valence-electron chi connectivity index (χ2n) is 9.53. The van der Waals surface area contributed by atoms with Crippen LogP contribution >= 0.6 is 0 Å². The molecular formula is C27H28FN5O. The summed E-state index contributed by atoms with van der Waals surface area (Å²) in [6.07, 6.45) is 6.93. The van der Waals surface area contributed by atoms with E-state index < -0.39 is 0 Å². The molecule has 1 saturated carbocycles. The monoisotopic (exact) mass is 457 g/mol. The third-order valence-corrected chi connectivity index (χ3v) is 7.29. The zero-order valence-corrected chi connectivity index (χ0v) is 19.7. The standard InChI is InChI=1S/C27H28FN5O/c1-17-16-33-25(31-17)21(18-4-6-19(7-5-18)27(11-12-27)32(2)3)14-29-26(33)30-15-22-20-10-13-34-24(20)9-8-23(22)28/h4-9,14,16H,10-13,15H2,1-3H3,(H,29,30). The molecular weight excluding hydrogens is 429 g/mol. The number of benzene rings is 2. The van der Waals surface area contributed by atoms with Gasteiger partial charge in [-0.25, -0.2) is 14.4 Å². The Morgan fingerprint density at radius 1 is 1.15 bits per heavy atom. The Morgan fingerprint density at radius 3 is 2.68 bits per heavy atom. The number of nitrogens with zero attached hydrogens (tertiary/aromatic N) is 4. The van der Waals surface area contributed by atoms with Crippen molar-refractivity contribution in [1.29, 1.82) is 0 Å². The average Bonchev–Trinajstić information content (AvgIpc) is 3.35. The number of aryl methyl sites for hydroxylation is 1. The van der Waals surface area contributed by atoms with Crippen LogP contribution < -0.4 is 10.1 Å². The van der Waals surface area contributed by atoms with Gasteiger partial charge in [0.2, 0.25) is 5.95 Å². The van der Waals surface area contributed by atoms with E-state index in [9.17, 15) is 4.39 Å². The van der Waals surface area contributed by atoms with E-state index in [0.29, 0.717) is 24.7 Å². The number of imidazole rings is 1. The fourth-order valence-electron chi connectivity index (χ4n) is 5.18. The molecule has 1 fully saturated rings. The first kappa shape index (κ1) is 21.1. The zero-order valence-electron chi connectivity index (χ0n) is 19.7. The Kier molecular flexibility index (Phi) is 4.85. The molecule has 0 bridgehead atoms. The Balaban J connectivity index is 1.32. The summed E-state index contributed by atoms with van der Waals surface area (Å²) >= 11 is 0. The maximum absolute atomic E-state index is 14.6. The molecule has 34 heavy (non-hydrogen) atoms. The van der Waals surface area contributed by atoms with Crippen molar-refractivity contribution in [3.8, 4) is 16.9 Å². The van der Waals surface area contributed by atoms with E-state index >= 15 is 0 Å². The molecule has 7 heteroatoms. The molecule has 1 N–H and O–H groups in total. The lowest BCUT2D eigenvalue weighted by molar-refractivity contribution is 0.276. The molecule has 3 heterocycles. The Hall–Kier alpha value is -3.45. The van der Waals surface area contributed by atoms with Crippen molar-refractivity contribution in [2.24, 2.45) is 0 Å². The number of ether oxygens (including phenoxy) is 1. The molecule has 174 valence electrons. The lowest BCUT2D eigenvalue weighted by Gasteiger charge is -2.24. The molecule has 0 saturated heterocycles. The molecule has 1 aliphatic heterocycles. The number of halogens is 1. The van der Waals surface area contributed by atoms with Gasteiger partial charge in [0.15, 0.2) is 0 Å². The van der Waals surface area contributed by atoms with Crippen molar-refractivity contribution in [2.75, 3.05) is 26.0 Å². The van der Waals surface area contributed by atoms with E-state index in [4.69, 9.17) is 14.7 Å². The van der Waals surface area contributed by atoms with E-state index in [1.807, 2.05) is 23.7 Å². The van der Waals surface area contributed by atoms with E-state index in [-0.39, 0.29) is 11.4 Å². The molecule has 4 aromatic rings. The highest BCUT2D eigenvalue weighted by Crippen LogP contribution is 2.49. The van der Waals surface area contributed by atoms with Gasteiger partial charge in [-0.15, -0.1) is 0 Å². The van der Waals surface area contributed by atoms with Crippen molar-refractivity contribution in [1.82, 2.24) is 19.3 Å². The molecule has 0 unspecified atom stereocenters. The zero-order chi connectivity index (χ0) is 23.4. The first-order valence-corrected chi connectivity index (χ1v) is 11.8. The van der Waals surface area contributed by atoms with Gasteiger partial charge in [-0.05, 0) is 57.1 Å². The maximum Gasteiger partial charge on any atom is 0.208 e. The molecule has 0 atom stereocenters. The van der Waals surface area contributed by atoms with Gasteiger partial charge in [0, 0.05) is 47.6 Å². The first-order valence-electron chi connectivity index (χ1n) is 11.8. The first-order chi connectivity index (χ1) is 16.5. The number of fused-ring (bicyclic) bond motifs is 2. The largest absolute Gasteiger partial charge is 0.493 e. The summed E-state index contributed by atoms with van der Waals surface area (Å²) in [6, 6.07) is 12.0. The number of rotatable bonds is 6. The summed E-state index contributed by atoms with van der Waals surface area (Å²) < 4.78 is 22.1. The summed E-state index contributed by atoms with van der Waals surface area (Å²) in [6.45, 7) is 2.90. The summed E-state index contributed by atoms with van der Waals surface area (Å²) in [5, 5.41) is 3.33. The third kappa shape index (κ3) is 3.34. The van der Waals surface area contributed by atoms with Crippen molar-refractivity contribution in [2.45, 2.75) is 38.3 Å². The molecule has 6 nitrogen and oxygen atoms in total. The number of hydrogen-bond donors (Lipinski definition) is 1. The minimum Gasteiger partial charge on any atom is -0.493 e. The van der Waals surface area contributed by atoms with Crippen LogP contribution in [0.2, 0.25) is 0 Å². The van der Waals surface area contributed by atoms with E-state index in [0.717, 1.165) is 40.2 Å². The summed E-state index contributed by atoms with van der Waals surface area (Å²) in [4.78, 5) is 11.8. The normalized spacial score (nSPS) is 16.0.